The van der Waals surface area contributed by atoms with Crippen molar-refractivity contribution in [2.75, 3.05) is 0 Å². The fourth-order valence-electron chi connectivity index (χ4n) is 1.69. The summed E-state index contributed by atoms with van der Waals surface area (Å²) in [6.45, 7) is 0. The van der Waals surface area contributed by atoms with Crippen LogP contribution in [-0.2, 0) is 0 Å². The van der Waals surface area contributed by atoms with Crippen molar-refractivity contribution < 1.29 is 0 Å². The zero-order chi connectivity index (χ0) is 11.8. The van der Waals surface area contributed by atoms with Crippen molar-refractivity contribution in [2.24, 2.45) is 0 Å². The highest BCUT2D eigenvalue weighted by molar-refractivity contribution is 9.11. The summed E-state index contributed by atoms with van der Waals surface area (Å²) < 4.78 is 3.56. The van der Waals surface area contributed by atoms with Crippen molar-refractivity contribution in [1.29, 1.82) is 0 Å². The van der Waals surface area contributed by atoms with Crippen LogP contribution in [0.15, 0.2) is 51.7 Å². The molecule has 0 aliphatic carbocycles. The van der Waals surface area contributed by atoms with Crippen molar-refractivity contribution in [3.05, 3.63) is 51.7 Å². The summed E-state index contributed by atoms with van der Waals surface area (Å²) >= 11 is 6.87. The summed E-state index contributed by atoms with van der Waals surface area (Å²) in [5.41, 5.74) is 1.84. The molecule has 0 spiro atoms. The number of halogens is 2. The van der Waals surface area contributed by atoms with Crippen LogP contribution in [0.2, 0.25) is 0 Å². The van der Waals surface area contributed by atoms with Crippen LogP contribution in [0.25, 0.3) is 16.7 Å². The zero-order valence-corrected chi connectivity index (χ0v) is 11.8. The van der Waals surface area contributed by atoms with E-state index in [4.69, 9.17) is 0 Å². The van der Waals surface area contributed by atoms with E-state index in [0.29, 0.717) is 0 Å². The molecule has 0 fully saturated rings. The Bertz CT molecular complexity index is 677. The first kappa shape index (κ1) is 10.9. The molecule has 0 atom stereocenters. The van der Waals surface area contributed by atoms with E-state index in [1.54, 1.807) is 6.20 Å². The molecule has 0 saturated heterocycles. The van der Waals surface area contributed by atoms with Gasteiger partial charge in [0.1, 0.15) is 4.60 Å². The van der Waals surface area contributed by atoms with Crippen LogP contribution in [0, 0.1) is 0 Å². The maximum absolute atomic E-state index is 4.45. The summed E-state index contributed by atoms with van der Waals surface area (Å²) in [7, 11) is 0. The van der Waals surface area contributed by atoms with Gasteiger partial charge in [0, 0.05) is 10.7 Å². The van der Waals surface area contributed by atoms with E-state index in [0.717, 1.165) is 25.8 Å². The van der Waals surface area contributed by atoms with Gasteiger partial charge in [0.25, 0.3) is 0 Å². The third kappa shape index (κ3) is 1.89. The Hall–Kier alpha value is -1.20. The van der Waals surface area contributed by atoms with E-state index in [1.165, 1.54) is 0 Å². The summed E-state index contributed by atoms with van der Waals surface area (Å²) in [5, 5.41) is 5.44. The molecule has 5 heteroatoms. The number of rotatable bonds is 1. The molecular formula is C12H7Br2N3. The van der Waals surface area contributed by atoms with Gasteiger partial charge in [-0.05, 0) is 50.1 Å². The molecule has 0 aliphatic rings. The predicted octanol–water partition coefficient (Wildman–Crippen LogP) is 3.95. The monoisotopic (exact) mass is 351 g/mol. The molecule has 0 aliphatic heterocycles. The van der Waals surface area contributed by atoms with Crippen molar-refractivity contribution in [3.8, 4) is 5.69 Å². The molecule has 2 heterocycles. The highest BCUT2D eigenvalue weighted by Gasteiger charge is 2.11. The molecule has 3 rings (SSSR count). The lowest BCUT2D eigenvalue weighted by Gasteiger charge is -2.01. The first-order chi connectivity index (χ1) is 8.25. The highest BCUT2D eigenvalue weighted by atomic mass is 79.9. The quantitative estimate of drug-likeness (QED) is 0.664. The van der Waals surface area contributed by atoms with E-state index in [9.17, 15) is 0 Å². The first-order valence-electron chi connectivity index (χ1n) is 5.01. The largest absolute Gasteiger partial charge is 0.235 e. The molecule has 0 bridgehead atoms. The molecule has 84 valence electrons. The third-order valence-electron chi connectivity index (χ3n) is 2.44. The molecular weight excluding hydrogens is 346 g/mol. The second-order valence-corrected chi connectivity index (χ2v) is 5.23. The Morgan fingerprint density at radius 1 is 1.06 bits per heavy atom. The van der Waals surface area contributed by atoms with Gasteiger partial charge in [0.15, 0.2) is 5.65 Å². The minimum Gasteiger partial charge on any atom is -0.235 e. The smallest absolute Gasteiger partial charge is 0.164 e. The zero-order valence-electron chi connectivity index (χ0n) is 8.64. The van der Waals surface area contributed by atoms with Gasteiger partial charge >= 0.3 is 0 Å². The topological polar surface area (TPSA) is 30.7 Å². The molecule has 17 heavy (non-hydrogen) atoms. The Labute approximate surface area is 115 Å². The summed E-state index contributed by atoms with van der Waals surface area (Å²) in [6.07, 6.45) is 1.77. The molecule has 0 radical (unpaired) electrons. The Morgan fingerprint density at radius 2 is 1.82 bits per heavy atom. The second kappa shape index (κ2) is 4.23. The fraction of sp³-hybridized carbons (Fsp3) is 0. The van der Waals surface area contributed by atoms with E-state index >= 15 is 0 Å². The van der Waals surface area contributed by atoms with E-state index in [2.05, 4.69) is 41.9 Å². The molecule has 1 aromatic carbocycles. The van der Waals surface area contributed by atoms with Crippen LogP contribution < -0.4 is 0 Å². The average Bonchev–Trinajstić information content (AvgIpc) is 2.68. The van der Waals surface area contributed by atoms with Crippen molar-refractivity contribution in [1.82, 2.24) is 14.8 Å². The van der Waals surface area contributed by atoms with Gasteiger partial charge in [0.05, 0.1) is 11.1 Å². The van der Waals surface area contributed by atoms with Crippen LogP contribution in [0.5, 0.6) is 0 Å². The Balaban J connectivity index is 2.32. The van der Waals surface area contributed by atoms with Crippen LogP contribution in [-0.4, -0.2) is 14.8 Å². The molecule has 3 nitrogen and oxygen atoms in total. The van der Waals surface area contributed by atoms with Gasteiger partial charge in [-0.3, -0.25) is 0 Å². The number of fused-ring (bicyclic) bond motifs is 1. The minimum absolute atomic E-state index is 0.796. The molecule has 3 aromatic rings. The van der Waals surface area contributed by atoms with E-state index in [1.807, 2.05) is 41.1 Å². The van der Waals surface area contributed by atoms with Crippen LogP contribution in [0.3, 0.4) is 0 Å². The predicted molar refractivity (Wildman–Crippen MR) is 74.3 cm³/mol. The third-order valence-corrected chi connectivity index (χ3v) is 3.46. The standard InChI is InChI=1S/C12H7Br2N3/c13-8-6-10-11(14)16-17(12(10)15-7-8)9-4-2-1-3-5-9/h1-7H. The molecule has 0 saturated carbocycles. The van der Waals surface area contributed by atoms with Gasteiger partial charge < -0.3 is 0 Å². The molecule has 2 aromatic heterocycles. The number of nitrogens with zero attached hydrogens (tertiary/aromatic N) is 3. The van der Waals surface area contributed by atoms with Crippen molar-refractivity contribution in [3.63, 3.8) is 0 Å². The lowest BCUT2D eigenvalue weighted by atomic mass is 10.3. The fourth-order valence-corrected chi connectivity index (χ4v) is 2.47. The molecule has 0 N–H and O–H groups in total. The maximum atomic E-state index is 4.45. The van der Waals surface area contributed by atoms with Crippen molar-refractivity contribution >= 4 is 42.9 Å². The summed E-state index contributed by atoms with van der Waals surface area (Å²) in [4.78, 5) is 4.40. The maximum Gasteiger partial charge on any atom is 0.164 e. The number of hydrogen-bond donors (Lipinski definition) is 0. The van der Waals surface area contributed by atoms with Gasteiger partial charge in [-0.2, -0.15) is 5.10 Å². The lowest BCUT2D eigenvalue weighted by molar-refractivity contribution is 0.886. The highest BCUT2D eigenvalue weighted by Crippen LogP contribution is 2.26. The molecule has 0 amide bonds. The van der Waals surface area contributed by atoms with Gasteiger partial charge in [-0.1, -0.05) is 18.2 Å². The van der Waals surface area contributed by atoms with Gasteiger partial charge in [-0.15, -0.1) is 0 Å². The summed E-state index contributed by atoms with van der Waals surface area (Å²) in [5.74, 6) is 0. The van der Waals surface area contributed by atoms with E-state index in [-0.39, 0.29) is 0 Å². The van der Waals surface area contributed by atoms with E-state index < -0.39 is 0 Å². The van der Waals surface area contributed by atoms with Crippen LogP contribution in [0.1, 0.15) is 0 Å². The number of aromatic nitrogens is 3. The lowest BCUT2D eigenvalue weighted by Crippen LogP contribution is -1.96. The molecule has 0 unspecified atom stereocenters. The number of pyridine rings is 1. The Morgan fingerprint density at radius 3 is 2.59 bits per heavy atom. The SMILES string of the molecule is Brc1cnc2c(c1)c(Br)nn2-c1ccccc1. The van der Waals surface area contributed by atoms with Gasteiger partial charge in [0.2, 0.25) is 0 Å². The van der Waals surface area contributed by atoms with Crippen LogP contribution in [0.4, 0.5) is 0 Å². The normalized spacial score (nSPS) is 10.9. The first-order valence-corrected chi connectivity index (χ1v) is 6.59. The Kier molecular flexibility index (Phi) is 2.72. The summed E-state index contributed by atoms with van der Waals surface area (Å²) in [6, 6.07) is 11.9. The van der Waals surface area contributed by atoms with Crippen LogP contribution >= 0.6 is 31.9 Å². The minimum atomic E-state index is 0.796. The number of para-hydroxylation sites is 1. The van der Waals surface area contributed by atoms with Crippen molar-refractivity contribution in [2.45, 2.75) is 0 Å². The van der Waals surface area contributed by atoms with Gasteiger partial charge in [-0.25, -0.2) is 9.67 Å². The number of benzene rings is 1. The number of hydrogen-bond acceptors (Lipinski definition) is 2. The second-order valence-electron chi connectivity index (χ2n) is 3.56. The average molecular weight is 353 g/mol.